The van der Waals surface area contributed by atoms with Crippen molar-refractivity contribution in [3.63, 3.8) is 0 Å². The van der Waals surface area contributed by atoms with Crippen LogP contribution in [0, 0.1) is 0 Å². The molecule has 0 spiro atoms. The molecule has 5 nitrogen and oxygen atoms in total. The van der Waals surface area contributed by atoms with Crippen molar-refractivity contribution in [2.45, 2.75) is 13.3 Å². The summed E-state index contributed by atoms with van der Waals surface area (Å²) in [5.41, 5.74) is 2.86. The van der Waals surface area contributed by atoms with Gasteiger partial charge in [0.15, 0.2) is 5.11 Å². The van der Waals surface area contributed by atoms with Crippen molar-refractivity contribution in [1.29, 1.82) is 0 Å². The first-order chi connectivity index (χ1) is 5.70. The fraction of sp³-hybridized carbons (Fsp3) is 0.667. The molecule has 0 bridgehead atoms. The van der Waals surface area contributed by atoms with E-state index in [1.807, 2.05) is 6.92 Å². The molecule has 0 saturated carbocycles. The van der Waals surface area contributed by atoms with Crippen molar-refractivity contribution < 1.29 is 9.53 Å². The highest BCUT2D eigenvalue weighted by molar-refractivity contribution is 7.80. The van der Waals surface area contributed by atoms with Gasteiger partial charge in [-0.2, -0.15) is 5.01 Å². The Balaban J connectivity index is 2.67. The lowest BCUT2D eigenvalue weighted by Crippen LogP contribution is -2.40. The van der Waals surface area contributed by atoms with Crippen molar-refractivity contribution in [1.82, 2.24) is 15.3 Å². The second-order valence-corrected chi connectivity index (χ2v) is 2.76. The van der Waals surface area contributed by atoms with Crippen LogP contribution in [0.25, 0.3) is 0 Å². The minimum Gasteiger partial charge on any atom is -0.428 e. The number of nitrogens with zero attached hydrogens (tertiary/aromatic N) is 2. The Morgan fingerprint density at radius 2 is 2.50 bits per heavy atom. The Morgan fingerprint density at radius 1 is 1.83 bits per heavy atom. The quantitative estimate of drug-likeness (QED) is 0.477. The molecule has 0 aromatic carbocycles. The van der Waals surface area contributed by atoms with Crippen molar-refractivity contribution >= 4 is 23.8 Å². The number of nitrogens with one attached hydrogen (secondary N) is 1. The molecule has 0 aliphatic carbocycles. The van der Waals surface area contributed by atoms with Gasteiger partial charge in [0.25, 0.3) is 12.8 Å². The summed E-state index contributed by atoms with van der Waals surface area (Å²) in [4.78, 5) is 11.9. The smallest absolute Gasteiger partial charge is 0.296 e. The van der Waals surface area contributed by atoms with E-state index in [1.165, 1.54) is 0 Å². The van der Waals surface area contributed by atoms with Gasteiger partial charge in [-0.1, -0.05) is 0 Å². The van der Waals surface area contributed by atoms with Gasteiger partial charge >= 0.3 is 0 Å². The Labute approximate surface area is 76.2 Å². The summed E-state index contributed by atoms with van der Waals surface area (Å²) < 4.78 is 4.81. The lowest BCUT2D eigenvalue weighted by Gasteiger charge is -2.22. The fourth-order valence-electron chi connectivity index (χ4n) is 1.09. The summed E-state index contributed by atoms with van der Waals surface area (Å²) in [6, 6.07) is 0. The first-order valence-electron chi connectivity index (χ1n) is 3.60. The van der Waals surface area contributed by atoms with Crippen molar-refractivity contribution in [3.8, 4) is 0 Å². The second-order valence-electron chi connectivity index (χ2n) is 2.37. The molecule has 1 saturated heterocycles. The second kappa shape index (κ2) is 3.68. The third kappa shape index (κ3) is 1.49. The van der Waals surface area contributed by atoms with Crippen molar-refractivity contribution in [3.05, 3.63) is 0 Å². The average Bonchev–Trinajstić information content (AvgIpc) is 2.28. The zero-order valence-electron chi connectivity index (χ0n) is 6.98. The van der Waals surface area contributed by atoms with E-state index >= 15 is 0 Å². The standard InChI is InChI=1S/C6H11N3O2S/c1-3-9-5(12)7-8(2)6(9)11-4-10/h4,6H,3H2,1-2H3,(H,7,12). The number of rotatable bonds is 3. The van der Waals surface area contributed by atoms with E-state index in [2.05, 4.69) is 5.43 Å². The third-order valence-corrected chi connectivity index (χ3v) is 1.97. The van der Waals surface area contributed by atoms with Crippen LogP contribution in [0.5, 0.6) is 0 Å². The van der Waals surface area contributed by atoms with E-state index in [-0.39, 0.29) is 0 Å². The first-order valence-corrected chi connectivity index (χ1v) is 4.00. The van der Waals surface area contributed by atoms with Crippen LogP contribution in [0.15, 0.2) is 0 Å². The van der Waals surface area contributed by atoms with Gasteiger partial charge in [0.2, 0.25) is 0 Å². The van der Waals surface area contributed by atoms with E-state index in [4.69, 9.17) is 17.0 Å². The molecule has 1 aliphatic heterocycles. The molecule has 1 atom stereocenters. The number of hydrogen-bond donors (Lipinski definition) is 1. The van der Waals surface area contributed by atoms with E-state index in [1.54, 1.807) is 17.0 Å². The van der Waals surface area contributed by atoms with E-state index in [0.717, 1.165) is 0 Å². The summed E-state index contributed by atoms with van der Waals surface area (Å²) >= 11 is 4.99. The molecule has 68 valence electrons. The summed E-state index contributed by atoms with van der Waals surface area (Å²) in [5, 5.41) is 2.21. The number of hydrazine groups is 1. The molecule has 0 aromatic rings. The van der Waals surface area contributed by atoms with Gasteiger partial charge in [-0.15, -0.1) is 0 Å². The lowest BCUT2D eigenvalue weighted by atomic mass is 10.6. The minimum atomic E-state index is -0.417. The summed E-state index contributed by atoms with van der Waals surface area (Å²) in [5.74, 6) is 0. The predicted octanol–water partition coefficient (Wildman–Crippen LogP) is -0.500. The van der Waals surface area contributed by atoms with Gasteiger partial charge in [0, 0.05) is 13.6 Å². The maximum atomic E-state index is 10.1. The molecule has 12 heavy (non-hydrogen) atoms. The molecule has 1 N–H and O–H groups in total. The predicted molar refractivity (Wildman–Crippen MR) is 46.8 cm³/mol. The monoisotopic (exact) mass is 189 g/mol. The summed E-state index contributed by atoms with van der Waals surface area (Å²) in [6.07, 6.45) is -0.417. The Bertz CT molecular complexity index is 199. The Morgan fingerprint density at radius 3 is 3.00 bits per heavy atom. The van der Waals surface area contributed by atoms with Gasteiger partial charge in [-0.3, -0.25) is 15.1 Å². The van der Waals surface area contributed by atoms with E-state index < -0.39 is 6.35 Å². The van der Waals surface area contributed by atoms with Gasteiger partial charge in [-0.25, -0.2) is 0 Å². The molecule has 1 fully saturated rings. The molecule has 0 amide bonds. The van der Waals surface area contributed by atoms with E-state index in [0.29, 0.717) is 18.1 Å². The molecular formula is C6H11N3O2S. The van der Waals surface area contributed by atoms with E-state index in [9.17, 15) is 4.79 Å². The third-order valence-electron chi connectivity index (χ3n) is 1.65. The Hall–Kier alpha value is -0.880. The van der Waals surface area contributed by atoms with Gasteiger partial charge in [0.05, 0.1) is 0 Å². The van der Waals surface area contributed by atoms with Crippen LogP contribution in [-0.4, -0.2) is 41.4 Å². The molecule has 6 heteroatoms. The van der Waals surface area contributed by atoms with Crippen LogP contribution >= 0.6 is 12.2 Å². The molecule has 1 unspecified atom stereocenters. The maximum absolute atomic E-state index is 10.1. The number of thiocarbonyl (C=S) groups is 1. The number of carbonyl (C=O) groups is 1. The van der Waals surface area contributed by atoms with Gasteiger partial charge in [-0.05, 0) is 19.1 Å². The zero-order chi connectivity index (χ0) is 9.14. The molecule has 1 heterocycles. The summed E-state index contributed by atoms with van der Waals surface area (Å²) in [7, 11) is 1.76. The number of ether oxygens (including phenoxy) is 1. The zero-order valence-corrected chi connectivity index (χ0v) is 7.80. The SMILES string of the molecule is CCN1C(=S)NN(C)C1OC=O. The molecule has 1 aliphatic rings. The molecule has 0 aromatic heterocycles. The van der Waals surface area contributed by atoms with Crippen LogP contribution < -0.4 is 5.43 Å². The number of carbonyl (C=O) groups excluding carboxylic acids is 1. The van der Waals surface area contributed by atoms with Crippen LogP contribution in [0.4, 0.5) is 0 Å². The highest BCUT2D eigenvalue weighted by Crippen LogP contribution is 2.10. The number of hydrogen-bond acceptors (Lipinski definition) is 4. The van der Waals surface area contributed by atoms with Crippen LogP contribution in [-0.2, 0) is 9.53 Å². The Kier molecular flexibility index (Phi) is 2.83. The molecule has 0 radical (unpaired) electrons. The average molecular weight is 189 g/mol. The maximum Gasteiger partial charge on any atom is 0.296 e. The topological polar surface area (TPSA) is 44.8 Å². The minimum absolute atomic E-state index is 0.416. The van der Waals surface area contributed by atoms with Crippen molar-refractivity contribution in [2.75, 3.05) is 13.6 Å². The van der Waals surface area contributed by atoms with Crippen LogP contribution in [0.2, 0.25) is 0 Å². The van der Waals surface area contributed by atoms with Crippen LogP contribution in [0.3, 0.4) is 0 Å². The van der Waals surface area contributed by atoms with Gasteiger partial charge < -0.3 is 4.74 Å². The normalized spacial score (nSPS) is 24.0. The molecule has 1 rings (SSSR count). The summed E-state index contributed by atoms with van der Waals surface area (Å²) in [6.45, 7) is 3.06. The first kappa shape index (κ1) is 9.21. The fourth-order valence-corrected chi connectivity index (χ4v) is 1.46. The highest BCUT2D eigenvalue weighted by atomic mass is 32.1. The molecular weight excluding hydrogens is 178 g/mol. The largest absolute Gasteiger partial charge is 0.428 e. The van der Waals surface area contributed by atoms with Crippen LogP contribution in [0.1, 0.15) is 6.92 Å². The highest BCUT2D eigenvalue weighted by Gasteiger charge is 2.32. The van der Waals surface area contributed by atoms with Crippen molar-refractivity contribution in [2.24, 2.45) is 0 Å². The van der Waals surface area contributed by atoms with Gasteiger partial charge in [0.1, 0.15) is 0 Å². The lowest BCUT2D eigenvalue weighted by molar-refractivity contribution is -0.152.